The molecule has 1 fully saturated rings. The van der Waals surface area contributed by atoms with E-state index in [0.29, 0.717) is 17.4 Å². The second-order valence-corrected chi connectivity index (χ2v) is 8.90. The van der Waals surface area contributed by atoms with Crippen LogP contribution in [0.2, 0.25) is 0 Å². The highest BCUT2D eigenvalue weighted by molar-refractivity contribution is 5.79. The summed E-state index contributed by atoms with van der Waals surface area (Å²) in [5.41, 5.74) is 7.65. The average molecular weight is 465 g/mol. The van der Waals surface area contributed by atoms with Crippen LogP contribution in [0.25, 0.3) is 11.0 Å². The highest BCUT2D eigenvalue weighted by Crippen LogP contribution is 2.31. The van der Waals surface area contributed by atoms with Crippen molar-refractivity contribution in [2.24, 2.45) is 0 Å². The summed E-state index contributed by atoms with van der Waals surface area (Å²) in [6.07, 6.45) is 9.98. The lowest BCUT2D eigenvalue weighted by Crippen LogP contribution is -2.27. The third kappa shape index (κ3) is 5.64. The molecule has 4 N–H and O–H groups in total. The van der Waals surface area contributed by atoms with E-state index in [0.717, 1.165) is 69.4 Å². The van der Waals surface area contributed by atoms with Crippen molar-refractivity contribution in [3.63, 3.8) is 0 Å². The highest BCUT2D eigenvalue weighted by Gasteiger charge is 2.22. The molecule has 34 heavy (non-hydrogen) atoms. The van der Waals surface area contributed by atoms with Crippen LogP contribution in [-0.4, -0.2) is 50.6 Å². The highest BCUT2D eigenvalue weighted by atomic mass is 16.1. The zero-order chi connectivity index (χ0) is 23.9. The van der Waals surface area contributed by atoms with E-state index in [1.54, 1.807) is 16.8 Å². The Morgan fingerprint density at radius 3 is 2.62 bits per heavy atom. The third-order valence-corrected chi connectivity index (χ3v) is 6.62. The number of nitrogens with two attached hydrogens (primary N) is 1. The summed E-state index contributed by atoms with van der Waals surface area (Å²) in [7, 11) is 0. The van der Waals surface area contributed by atoms with Gasteiger partial charge in [0.05, 0.1) is 17.6 Å². The molecule has 1 aliphatic carbocycles. The van der Waals surface area contributed by atoms with Crippen LogP contribution in [0.1, 0.15) is 58.4 Å². The Bertz CT molecular complexity index is 1130. The predicted molar refractivity (Wildman–Crippen MR) is 139 cm³/mol. The van der Waals surface area contributed by atoms with E-state index in [-0.39, 0.29) is 17.3 Å². The number of hydrogen-bond acceptors (Lipinski definition) is 8. The number of pyridine rings is 2. The molecule has 0 aromatic carbocycles. The lowest BCUT2D eigenvalue weighted by atomic mass is 10.2. The van der Waals surface area contributed by atoms with Crippen LogP contribution in [0.5, 0.6) is 0 Å². The van der Waals surface area contributed by atoms with Gasteiger partial charge in [0.1, 0.15) is 11.5 Å². The van der Waals surface area contributed by atoms with E-state index in [1.807, 2.05) is 18.3 Å². The molecule has 3 aromatic rings. The van der Waals surface area contributed by atoms with Crippen LogP contribution in [0.3, 0.4) is 0 Å². The van der Waals surface area contributed by atoms with Gasteiger partial charge in [0, 0.05) is 24.2 Å². The Morgan fingerprint density at radius 2 is 1.91 bits per heavy atom. The van der Waals surface area contributed by atoms with Gasteiger partial charge in [0.25, 0.3) is 5.56 Å². The third-order valence-electron chi connectivity index (χ3n) is 6.62. The predicted octanol–water partition coefficient (Wildman–Crippen LogP) is 4.16. The minimum absolute atomic E-state index is 0.136. The van der Waals surface area contributed by atoms with Gasteiger partial charge in [-0.1, -0.05) is 26.7 Å². The normalized spacial score (nSPS) is 14.2. The summed E-state index contributed by atoms with van der Waals surface area (Å²) in [5.74, 6) is 1.06. The molecule has 0 aliphatic heterocycles. The van der Waals surface area contributed by atoms with Gasteiger partial charge in [-0.25, -0.2) is 9.97 Å². The molecule has 0 unspecified atom stereocenters. The first kappa shape index (κ1) is 23.9. The average Bonchev–Trinajstić information content (AvgIpc) is 3.38. The summed E-state index contributed by atoms with van der Waals surface area (Å²) < 4.78 is 1.76. The topological polar surface area (TPSA) is 114 Å². The molecule has 0 spiro atoms. The van der Waals surface area contributed by atoms with E-state index in [9.17, 15) is 4.79 Å². The number of fused-ring (bicyclic) bond motifs is 1. The van der Waals surface area contributed by atoms with Gasteiger partial charge in [-0.2, -0.15) is 4.98 Å². The van der Waals surface area contributed by atoms with Crippen LogP contribution in [0, 0.1) is 0 Å². The van der Waals surface area contributed by atoms with Gasteiger partial charge in [0.2, 0.25) is 5.95 Å². The Balaban J connectivity index is 1.40. The number of nitrogen functional groups attached to an aromatic ring is 1. The Labute approximate surface area is 200 Å². The number of nitrogens with zero attached hydrogens (tertiary/aromatic N) is 5. The summed E-state index contributed by atoms with van der Waals surface area (Å²) in [4.78, 5) is 28.8. The molecule has 1 saturated carbocycles. The van der Waals surface area contributed by atoms with Crippen LogP contribution in [0.4, 0.5) is 23.1 Å². The molecule has 0 radical (unpaired) electrons. The lowest BCUT2D eigenvalue weighted by molar-refractivity contribution is 0.298. The maximum absolute atomic E-state index is 12.8. The van der Waals surface area contributed by atoms with Crippen LogP contribution in [-0.2, 0) is 0 Å². The van der Waals surface area contributed by atoms with E-state index in [2.05, 4.69) is 44.3 Å². The van der Waals surface area contributed by atoms with Crippen molar-refractivity contribution < 1.29 is 0 Å². The maximum Gasteiger partial charge on any atom is 0.275 e. The van der Waals surface area contributed by atoms with Crippen LogP contribution >= 0.6 is 0 Å². The summed E-state index contributed by atoms with van der Waals surface area (Å²) >= 11 is 0. The number of unbranched alkanes of at least 4 members (excludes halogenated alkanes) is 1. The minimum Gasteiger partial charge on any atom is -0.394 e. The second kappa shape index (κ2) is 11.3. The smallest absolute Gasteiger partial charge is 0.275 e. The molecule has 3 aromatic heterocycles. The van der Waals surface area contributed by atoms with Gasteiger partial charge in [-0.05, 0) is 63.5 Å². The van der Waals surface area contributed by atoms with Gasteiger partial charge in [-0.15, -0.1) is 0 Å². The molecular weight excluding hydrogens is 428 g/mol. The quantitative estimate of drug-likeness (QED) is 0.363. The summed E-state index contributed by atoms with van der Waals surface area (Å²) in [6.45, 7) is 8.69. The molecule has 0 saturated heterocycles. The molecular formula is C25H36N8O. The van der Waals surface area contributed by atoms with E-state index >= 15 is 0 Å². The van der Waals surface area contributed by atoms with E-state index in [1.165, 1.54) is 6.42 Å². The van der Waals surface area contributed by atoms with Gasteiger partial charge < -0.3 is 21.3 Å². The number of nitrogens with one attached hydrogen (secondary N) is 2. The summed E-state index contributed by atoms with van der Waals surface area (Å²) in [6, 6.07) is 5.69. The Kier molecular flexibility index (Phi) is 7.95. The van der Waals surface area contributed by atoms with E-state index in [4.69, 9.17) is 5.73 Å². The lowest BCUT2D eigenvalue weighted by Gasteiger charge is -2.17. The zero-order valence-electron chi connectivity index (χ0n) is 20.3. The van der Waals surface area contributed by atoms with Gasteiger partial charge >= 0.3 is 0 Å². The van der Waals surface area contributed by atoms with Crippen molar-refractivity contribution in [2.75, 3.05) is 42.5 Å². The van der Waals surface area contributed by atoms with Crippen LogP contribution in [0.15, 0.2) is 35.4 Å². The molecule has 0 bridgehead atoms. The van der Waals surface area contributed by atoms with Crippen LogP contribution < -0.4 is 21.9 Å². The van der Waals surface area contributed by atoms with Crippen molar-refractivity contribution in [2.45, 2.75) is 58.4 Å². The molecule has 3 heterocycles. The monoisotopic (exact) mass is 464 g/mol. The van der Waals surface area contributed by atoms with Crippen molar-refractivity contribution in [3.8, 4) is 0 Å². The number of rotatable bonds is 11. The zero-order valence-corrected chi connectivity index (χ0v) is 20.3. The molecule has 9 heteroatoms. The van der Waals surface area contributed by atoms with Crippen molar-refractivity contribution in [3.05, 3.63) is 40.9 Å². The van der Waals surface area contributed by atoms with Crippen molar-refractivity contribution in [1.29, 1.82) is 0 Å². The number of aromatic nitrogens is 4. The number of anilines is 4. The molecule has 182 valence electrons. The molecule has 4 rings (SSSR count). The minimum atomic E-state index is -0.172. The first-order chi connectivity index (χ1) is 16.6. The molecule has 0 amide bonds. The Hall–Kier alpha value is -3.20. The fourth-order valence-electron chi connectivity index (χ4n) is 4.62. The fraction of sp³-hybridized carbons (Fsp3) is 0.520. The maximum atomic E-state index is 12.8. The Morgan fingerprint density at radius 1 is 1.12 bits per heavy atom. The second-order valence-electron chi connectivity index (χ2n) is 8.90. The van der Waals surface area contributed by atoms with Crippen molar-refractivity contribution >= 4 is 34.2 Å². The summed E-state index contributed by atoms with van der Waals surface area (Å²) in [5, 5.41) is 7.36. The standard InChI is InChI=1S/C25H36N8O/c1-3-32(4-2)14-8-7-13-27-19-11-12-22(28-17-19)30-25-29-16-18-15-21(26)24(34)33(23(18)31-25)20-9-5-6-10-20/h11-12,15-17,20,27H,3-10,13-14,26H2,1-2H3,(H,28,29,30,31). The molecule has 9 nitrogen and oxygen atoms in total. The largest absolute Gasteiger partial charge is 0.394 e. The van der Waals surface area contributed by atoms with Gasteiger partial charge in [0.15, 0.2) is 0 Å². The van der Waals surface area contributed by atoms with Gasteiger partial charge in [-0.3, -0.25) is 9.36 Å². The molecule has 0 atom stereocenters. The number of hydrogen-bond donors (Lipinski definition) is 3. The first-order valence-corrected chi connectivity index (χ1v) is 12.5. The van der Waals surface area contributed by atoms with E-state index < -0.39 is 0 Å². The first-order valence-electron chi connectivity index (χ1n) is 12.5. The fourth-order valence-corrected chi connectivity index (χ4v) is 4.62. The molecule has 1 aliphatic rings. The van der Waals surface area contributed by atoms with Crippen molar-refractivity contribution in [1.82, 2.24) is 24.4 Å². The SMILES string of the molecule is CCN(CC)CCCCNc1ccc(Nc2ncc3cc(N)c(=O)n(C4CCCC4)c3n2)nc1.